The van der Waals surface area contributed by atoms with Crippen LogP contribution in [0.25, 0.3) is 0 Å². The molecule has 0 fully saturated rings. The lowest BCUT2D eigenvalue weighted by Crippen LogP contribution is -1.76. The SMILES string of the molecule is [B]/C(C)=C(\C)SC(=C)C. The van der Waals surface area contributed by atoms with E-state index >= 15 is 0 Å². The van der Waals surface area contributed by atoms with Crippen LogP contribution in [0.1, 0.15) is 20.8 Å². The monoisotopic (exact) mass is 138 g/mol. The van der Waals surface area contributed by atoms with Gasteiger partial charge in [0.15, 0.2) is 0 Å². The van der Waals surface area contributed by atoms with Gasteiger partial charge in [0, 0.05) is 0 Å². The molecule has 0 aliphatic heterocycles. The van der Waals surface area contributed by atoms with Gasteiger partial charge in [-0.05, 0) is 23.7 Å². The summed E-state index contributed by atoms with van der Waals surface area (Å²) in [7, 11) is 5.50. The molecule has 0 spiro atoms. The van der Waals surface area contributed by atoms with Gasteiger partial charge in [-0.1, -0.05) is 13.5 Å². The molecular formula is C7H11BS. The average molecular weight is 138 g/mol. The smallest absolute Gasteiger partial charge is 0.108 e. The quantitative estimate of drug-likeness (QED) is 0.528. The lowest BCUT2D eigenvalue weighted by molar-refractivity contribution is 1.54. The van der Waals surface area contributed by atoms with Crippen LogP contribution in [0.2, 0.25) is 0 Å². The molecule has 0 nitrogen and oxygen atoms in total. The maximum absolute atomic E-state index is 5.50. The lowest BCUT2D eigenvalue weighted by atomic mass is 9.98. The molecule has 2 heteroatoms. The third-order valence-electron chi connectivity index (χ3n) is 0.883. The van der Waals surface area contributed by atoms with Gasteiger partial charge in [0.25, 0.3) is 0 Å². The van der Waals surface area contributed by atoms with E-state index in [4.69, 9.17) is 7.85 Å². The molecule has 0 saturated heterocycles. The van der Waals surface area contributed by atoms with Crippen LogP contribution in [0.4, 0.5) is 0 Å². The molecule has 0 bridgehead atoms. The van der Waals surface area contributed by atoms with Crippen LogP contribution < -0.4 is 0 Å². The first-order chi connectivity index (χ1) is 4.04. The van der Waals surface area contributed by atoms with E-state index in [9.17, 15) is 0 Å². The van der Waals surface area contributed by atoms with Crippen molar-refractivity contribution in [3.8, 4) is 0 Å². The van der Waals surface area contributed by atoms with Gasteiger partial charge in [-0.15, -0.1) is 17.2 Å². The fraction of sp³-hybridized carbons (Fsp3) is 0.429. The number of hydrogen-bond donors (Lipinski definition) is 0. The van der Waals surface area contributed by atoms with Crippen molar-refractivity contribution < 1.29 is 0 Å². The summed E-state index contributed by atoms with van der Waals surface area (Å²) >= 11 is 1.62. The minimum atomic E-state index is 0.878. The lowest BCUT2D eigenvalue weighted by Gasteiger charge is -2.00. The molecule has 0 aromatic heterocycles. The highest BCUT2D eigenvalue weighted by Gasteiger charge is 1.91. The Morgan fingerprint density at radius 1 is 1.33 bits per heavy atom. The first-order valence-electron chi connectivity index (χ1n) is 2.80. The van der Waals surface area contributed by atoms with E-state index in [0.717, 1.165) is 15.3 Å². The van der Waals surface area contributed by atoms with Crippen molar-refractivity contribution in [2.24, 2.45) is 0 Å². The van der Waals surface area contributed by atoms with Crippen LogP contribution in [-0.2, 0) is 0 Å². The molecule has 2 radical (unpaired) electrons. The van der Waals surface area contributed by atoms with Gasteiger partial charge >= 0.3 is 0 Å². The third-order valence-corrected chi connectivity index (χ3v) is 1.86. The summed E-state index contributed by atoms with van der Waals surface area (Å²) in [6, 6.07) is 0. The second kappa shape index (κ2) is 3.83. The highest BCUT2D eigenvalue weighted by molar-refractivity contribution is 8.06. The number of hydrogen-bond acceptors (Lipinski definition) is 1. The van der Waals surface area contributed by atoms with Crippen molar-refractivity contribution in [1.29, 1.82) is 0 Å². The number of allylic oxidation sites excluding steroid dienone is 3. The van der Waals surface area contributed by atoms with E-state index in [1.54, 1.807) is 11.8 Å². The Morgan fingerprint density at radius 3 is 1.89 bits per heavy atom. The van der Waals surface area contributed by atoms with Crippen LogP contribution in [0.3, 0.4) is 0 Å². The maximum atomic E-state index is 5.50. The van der Waals surface area contributed by atoms with Crippen LogP contribution in [0, 0.1) is 0 Å². The predicted molar refractivity (Wildman–Crippen MR) is 46.5 cm³/mol. The zero-order valence-electron chi connectivity index (χ0n) is 6.19. The highest BCUT2D eigenvalue weighted by Crippen LogP contribution is 2.23. The highest BCUT2D eigenvalue weighted by atomic mass is 32.2. The molecule has 0 aromatic carbocycles. The topological polar surface area (TPSA) is 0 Å². The van der Waals surface area contributed by atoms with Gasteiger partial charge in [0.2, 0.25) is 0 Å². The molecule has 0 aliphatic rings. The molecule has 0 aromatic rings. The first-order valence-corrected chi connectivity index (χ1v) is 3.62. The van der Waals surface area contributed by atoms with Crippen molar-refractivity contribution >= 4 is 19.6 Å². The third kappa shape index (κ3) is 4.40. The summed E-state index contributed by atoms with van der Waals surface area (Å²) in [5.74, 6) is 0. The van der Waals surface area contributed by atoms with Gasteiger partial charge in [-0.3, -0.25) is 0 Å². The zero-order valence-corrected chi connectivity index (χ0v) is 7.01. The molecule has 0 saturated carbocycles. The zero-order chi connectivity index (χ0) is 7.44. The Hall–Kier alpha value is -0.105. The predicted octanol–water partition coefficient (Wildman–Crippen LogP) is 2.67. The average Bonchev–Trinajstić information content (AvgIpc) is 1.63. The Labute approximate surface area is 62.8 Å². The second-order valence-electron chi connectivity index (χ2n) is 2.04. The molecule has 0 unspecified atom stereocenters. The summed E-state index contributed by atoms with van der Waals surface area (Å²) < 4.78 is 0. The molecule has 0 heterocycles. The largest absolute Gasteiger partial charge is 0.111 e. The van der Waals surface area contributed by atoms with Crippen LogP contribution in [-0.4, -0.2) is 7.85 Å². The van der Waals surface area contributed by atoms with Gasteiger partial charge in [-0.25, -0.2) is 0 Å². The van der Waals surface area contributed by atoms with Gasteiger partial charge in [0.1, 0.15) is 7.85 Å². The van der Waals surface area contributed by atoms with E-state index in [1.165, 1.54) is 0 Å². The Kier molecular flexibility index (Phi) is 3.79. The standard InChI is InChI=1S/C7H11BS/c1-5(2)9-7(4)6(3)8/h1H2,2-4H3/b7-6+. The van der Waals surface area contributed by atoms with Gasteiger partial charge in [0.05, 0.1) is 0 Å². The Morgan fingerprint density at radius 2 is 1.78 bits per heavy atom. The van der Waals surface area contributed by atoms with Crippen LogP contribution >= 0.6 is 11.8 Å². The van der Waals surface area contributed by atoms with Crippen molar-refractivity contribution in [3.63, 3.8) is 0 Å². The van der Waals surface area contributed by atoms with Crippen molar-refractivity contribution in [1.82, 2.24) is 0 Å². The maximum Gasteiger partial charge on any atom is 0.108 e. The summed E-state index contributed by atoms with van der Waals surface area (Å²) in [5.41, 5.74) is 0.878. The fourth-order valence-electron chi connectivity index (χ4n) is 0.342. The first kappa shape index (κ1) is 8.89. The van der Waals surface area contributed by atoms with Crippen LogP contribution in [0.15, 0.2) is 21.9 Å². The molecule has 0 aliphatic carbocycles. The number of thioether (sulfide) groups is 1. The molecule has 0 rings (SSSR count). The number of rotatable bonds is 2. The van der Waals surface area contributed by atoms with Crippen molar-refractivity contribution in [2.75, 3.05) is 0 Å². The normalized spacial score (nSPS) is 12.8. The van der Waals surface area contributed by atoms with Crippen LogP contribution in [0.5, 0.6) is 0 Å². The van der Waals surface area contributed by atoms with E-state index in [-0.39, 0.29) is 0 Å². The minimum Gasteiger partial charge on any atom is -0.111 e. The fourth-order valence-corrected chi connectivity index (χ4v) is 1.03. The van der Waals surface area contributed by atoms with E-state index < -0.39 is 0 Å². The summed E-state index contributed by atoms with van der Waals surface area (Å²) in [6.45, 7) is 9.61. The molecule has 0 amide bonds. The summed E-state index contributed by atoms with van der Waals surface area (Å²) in [6.07, 6.45) is 0. The molecule has 48 valence electrons. The van der Waals surface area contributed by atoms with Gasteiger partial charge in [-0.2, -0.15) is 0 Å². The molecule has 0 N–H and O–H groups in total. The molecule has 9 heavy (non-hydrogen) atoms. The van der Waals surface area contributed by atoms with E-state index in [0.29, 0.717) is 0 Å². The second-order valence-corrected chi connectivity index (χ2v) is 3.56. The Bertz CT molecular complexity index is 143. The molecular weight excluding hydrogens is 127 g/mol. The molecule has 0 atom stereocenters. The van der Waals surface area contributed by atoms with E-state index in [1.807, 2.05) is 20.8 Å². The minimum absolute atomic E-state index is 0.878. The summed E-state index contributed by atoms with van der Waals surface area (Å²) in [4.78, 5) is 2.22. The van der Waals surface area contributed by atoms with Gasteiger partial charge < -0.3 is 0 Å². The Balaban J connectivity index is 3.92. The van der Waals surface area contributed by atoms with E-state index in [2.05, 4.69) is 6.58 Å². The summed E-state index contributed by atoms with van der Waals surface area (Å²) in [5, 5.41) is 0. The van der Waals surface area contributed by atoms with Crippen molar-refractivity contribution in [2.45, 2.75) is 20.8 Å². The van der Waals surface area contributed by atoms with Crippen molar-refractivity contribution in [3.05, 3.63) is 21.9 Å².